The number of hydrogen-bond donors (Lipinski definition) is 0. The highest BCUT2D eigenvalue weighted by Gasteiger charge is 2.14. The molecule has 1 rings (SSSR count). The van der Waals surface area contributed by atoms with Crippen LogP contribution in [0.15, 0.2) is 16.7 Å². The van der Waals surface area contributed by atoms with Crippen molar-refractivity contribution >= 4 is 27.4 Å². The molecule has 0 aromatic carbocycles. The van der Waals surface area contributed by atoms with E-state index in [4.69, 9.17) is 0 Å². The molecule has 86 valence electrons. The molecule has 0 saturated carbocycles. The van der Waals surface area contributed by atoms with Crippen LogP contribution in [0.25, 0.3) is 0 Å². The molecule has 0 atom stereocenters. The quantitative estimate of drug-likeness (QED) is 0.630. The van der Waals surface area contributed by atoms with Crippen molar-refractivity contribution in [2.75, 3.05) is 0 Å². The average molecular weight is 287 g/mol. The summed E-state index contributed by atoms with van der Waals surface area (Å²) in [5, 5.41) is 10.5. The van der Waals surface area contributed by atoms with Crippen LogP contribution in [0.5, 0.6) is 0 Å². The van der Waals surface area contributed by atoms with E-state index in [1.165, 1.54) is 6.07 Å². The molecule has 1 aromatic heterocycles. The van der Waals surface area contributed by atoms with E-state index in [9.17, 15) is 14.9 Å². The number of hydrogen-bond acceptors (Lipinski definition) is 4. The summed E-state index contributed by atoms with van der Waals surface area (Å²) in [4.78, 5) is 25.4. The van der Waals surface area contributed by atoms with Crippen molar-refractivity contribution in [1.82, 2.24) is 4.98 Å². The van der Waals surface area contributed by atoms with Gasteiger partial charge >= 0.3 is 0 Å². The number of nitrogens with zero attached hydrogens (tertiary/aromatic N) is 2. The van der Waals surface area contributed by atoms with Crippen molar-refractivity contribution in [3.05, 3.63) is 32.5 Å². The van der Waals surface area contributed by atoms with Gasteiger partial charge in [-0.2, -0.15) is 0 Å². The van der Waals surface area contributed by atoms with E-state index >= 15 is 0 Å². The van der Waals surface area contributed by atoms with Crippen LogP contribution in [0, 0.1) is 16.0 Å². The molecule has 6 heteroatoms. The maximum Gasteiger partial charge on any atom is 0.288 e. The SMILES string of the molecule is CC(C)C(=O)Cc1ncc([N+](=O)[O-])cc1Br. The van der Waals surface area contributed by atoms with E-state index in [-0.39, 0.29) is 23.8 Å². The summed E-state index contributed by atoms with van der Waals surface area (Å²) in [5.74, 6) is -0.00838. The van der Waals surface area contributed by atoms with E-state index < -0.39 is 4.92 Å². The summed E-state index contributed by atoms with van der Waals surface area (Å²) in [7, 11) is 0. The first-order valence-electron chi connectivity index (χ1n) is 4.73. The monoisotopic (exact) mass is 286 g/mol. The average Bonchev–Trinajstić information content (AvgIpc) is 2.20. The molecule has 0 unspecified atom stereocenters. The Hall–Kier alpha value is -1.30. The highest BCUT2D eigenvalue weighted by atomic mass is 79.9. The molecule has 0 aliphatic rings. The van der Waals surface area contributed by atoms with Gasteiger partial charge < -0.3 is 0 Å². The minimum absolute atomic E-state index is 0.0575. The number of halogens is 1. The van der Waals surface area contributed by atoms with Gasteiger partial charge in [-0.25, -0.2) is 0 Å². The van der Waals surface area contributed by atoms with Crippen molar-refractivity contribution in [3.8, 4) is 0 Å². The molecule has 0 bridgehead atoms. The molecule has 0 saturated heterocycles. The predicted octanol–water partition coefficient (Wildman–Crippen LogP) is 2.52. The molecule has 0 amide bonds. The van der Waals surface area contributed by atoms with Gasteiger partial charge in [-0.05, 0) is 15.9 Å². The molecular formula is C10H11BrN2O3. The maximum atomic E-state index is 11.5. The first-order valence-corrected chi connectivity index (χ1v) is 5.52. The topological polar surface area (TPSA) is 73.1 Å². The fraction of sp³-hybridized carbons (Fsp3) is 0.400. The van der Waals surface area contributed by atoms with Crippen LogP contribution in [0.3, 0.4) is 0 Å². The van der Waals surface area contributed by atoms with Gasteiger partial charge in [0.2, 0.25) is 0 Å². The minimum Gasteiger partial charge on any atom is -0.299 e. The first-order chi connectivity index (χ1) is 7.41. The van der Waals surface area contributed by atoms with Gasteiger partial charge in [-0.3, -0.25) is 19.9 Å². The van der Waals surface area contributed by atoms with E-state index in [0.29, 0.717) is 10.2 Å². The van der Waals surface area contributed by atoms with Crippen LogP contribution in [0.4, 0.5) is 5.69 Å². The zero-order valence-electron chi connectivity index (χ0n) is 8.94. The third-order valence-electron chi connectivity index (χ3n) is 2.10. The summed E-state index contributed by atoms with van der Waals surface area (Å²) in [6.07, 6.45) is 1.35. The van der Waals surface area contributed by atoms with Crippen LogP contribution in [-0.4, -0.2) is 15.7 Å². The molecule has 0 N–H and O–H groups in total. The van der Waals surface area contributed by atoms with Gasteiger partial charge in [0.15, 0.2) is 0 Å². The highest BCUT2D eigenvalue weighted by Crippen LogP contribution is 2.21. The number of carbonyl (C=O) groups excluding carboxylic acids is 1. The second-order valence-electron chi connectivity index (χ2n) is 3.68. The Morgan fingerprint density at radius 3 is 2.69 bits per heavy atom. The first kappa shape index (κ1) is 12.8. The number of rotatable bonds is 4. The number of aromatic nitrogens is 1. The number of pyridine rings is 1. The maximum absolute atomic E-state index is 11.5. The van der Waals surface area contributed by atoms with E-state index in [1.54, 1.807) is 0 Å². The van der Waals surface area contributed by atoms with Crippen LogP contribution < -0.4 is 0 Å². The highest BCUT2D eigenvalue weighted by molar-refractivity contribution is 9.10. The Labute approximate surface area is 101 Å². The fourth-order valence-corrected chi connectivity index (χ4v) is 1.53. The van der Waals surface area contributed by atoms with Gasteiger partial charge in [-0.1, -0.05) is 13.8 Å². The lowest BCUT2D eigenvalue weighted by Crippen LogP contribution is -2.11. The fourth-order valence-electron chi connectivity index (χ4n) is 1.06. The molecule has 16 heavy (non-hydrogen) atoms. The van der Waals surface area contributed by atoms with Gasteiger partial charge in [0, 0.05) is 16.5 Å². The lowest BCUT2D eigenvalue weighted by atomic mass is 10.0. The van der Waals surface area contributed by atoms with Gasteiger partial charge in [0.25, 0.3) is 5.69 Å². The lowest BCUT2D eigenvalue weighted by molar-refractivity contribution is -0.385. The minimum atomic E-state index is -0.522. The summed E-state index contributed by atoms with van der Waals surface area (Å²) >= 11 is 3.17. The third-order valence-corrected chi connectivity index (χ3v) is 2.79. The number of Topliss-reactive ketones (excluding diaryl/α,β-unsaturated/α-hetero) is 1. The Morgan fingerprint density at radius 2 is 2.25 bits per heavy atom. The van der Waals surface area contributed by atoms with Crippen LogP contribution in [0.1, 0.15) is 19.5 Å². The predicted molar refractivity (Wildman–Crippen MR) is 62.1 cm³/mol. The zero-order chi connectivity index (χ0) is 12.3. The smallest absolute Gasteiger partial charge is 0.288 e. The molecule has 0 aliphatic heterocycles. The molecule has 0 radical (unpaired) electrons. The molecule has 0 spiro atoms. The Morgan fingerprint density at radius 1 is 1.62 bits per heavy atom. The summed E-state index contributed by atoms with van der Waals surface area (Å²) in [6.45, 7) is 3.61. The molecule has 0 fully saturated rings. The van der Waals surface area contributed by atoms with Gasteiger partial charge in [0.05, 0.1) is 17.0 Å². The zero-order valence-corrected chi connectivity index (χ0v) is 10.5. The van der Waals surface area contributed by atoms with Crippen LogP contribution in [-0.2, 0) is 11.2 Å². The van der Waals surface area contributed by atoms with E-state index in [0.717, 1.165) is 6.20 Å². The van der Waals surface area contributed by atoms with Crippen molar-refractivity contribution in [1.29, 1.82) is 0 Å². The summed E-state index contributed by atoms with van der Waals surface area (Å²) in [6, 6.07) is 1.36. The van der Waals surface area contributed by atoms with Crippen molar-refractivity contribution < 1.29 is 9.72 Å². The largest absolute Gasteiger partial charge is 0.299 e. The van der Waals surface area contributed by atoms with Crippen LogP contribution in [0.2, 0.25) is 0 Å². The molecular weight excluding hydrogens is 276 g/mol. The molecule has 0 aliphatic carbocycles. The van der Waals surface area contributed by atoms with Crippen molar-refractivity contribution in [2.24, 2.45) is 5.92 Å². The Bertz CT molecular complexity index is 432. The van der Waals surface area contributed by atoms with Gasteiger partial charge in [-0.15, -0.1) is 0 Å². The third kappa shape index (κ3) is 3.10. The normalized spacial score (nSPS) is 10.5. The number of ketones is 1. The number of nitro groups is 1. The molecule has 1 heterocycles. The van der Waals surface area contributed by atoms with Crippen LogP contribution >= 0.6 is 15.9 Å². The second kappa shape index (κ2) is 5.16. The summed E-state index contributed by atoms with van der Waals surface area (Å²) < 4.78 is 0.496. The lowest BCUT2D eigenvalue weighted by Gasteiger charge is -2.05. The number of carbonyl (C=O) groups is 1. The summed E-state index contributed by atoms with van der Waals surface area (Å²) in [5.41, 5.74) is 0.442. The Kier molecular flexibility index (Phi) is 4.12. The standard InChI is InChI=1S/C10H11BrN2O3/c1-6(2)10(14)4-9-8(11)3-7(5-12-9)13(15)16/h3,5-6H,4H2,1-2H3. The van der Waals surface area contributed by atoms with Crippen molar-refractivity contribution in [2.45, 2.75) is 20.3 Å². The Balaban J connectivity index is 2.91. The van der Waals surface area contributed by atoms with Crippen molar-refractivity contribution in [3.63, 3.8) is 0 Å². The van der Waals surface area contributed by atoms with E-state index in [1.807, 2.05) is 13.8 Å². The molecule has 1 aromatic rings. The van der Waals surface area contributed by atoms with E-state index in [2.05, 4.69) is 20.9 Å². The van der Waals surface area contributed by atoms with Gasteiger partial charge in [0.1, 0.15) is 12.0 Å². The second-order valence-corrected chi connectivity index (χ2v) is 4.53. The molecule has 5 nitrogen and oxygen atoms in total.